The van der Waals surface area contributed by atoms with Crippen LogP contribution in [0.4, 0.5) is 0 Å². The summed E-state index contributed by atoms with van der Waals surface area (Å²) in [4.78, 5) is 23.6. The number of hydrazone groups is 1. The molecule has 0 fully saturated rings. The molecule has 1 amide bonds. The molecule has 0 radical (unpaired) electrons. The second kappa shape index (κ2) is 12.2. The van der Waals surface area contributed by atoms with Crippen molar-refractivity contribution in [2.24, 2.45) is 5.10 Å². The molecule has 8 nitrogen and oxygen atoms in total. The summed E-state index contributed by atoms with van der Waals surface area (Å²) < 4.78 is 18.4. The van der Waals surface area contributed by atoms with Crippen LogP contribution >= 0.6 is 15.9 Å². The number of fused-ring (bicyclic) bond motifs is 1. The number of benzene rings is 3. The number of aromatic carboxylic acids is 1. The van der Waals surface area contributed by atoms with Gasteiger partial charge in [0.2, 0.25) is 0 Å². The Kier molecular flexibility index (Phi) is 8.60. The molecule has 4 rings (SSSR count). The number of carbonyl (C=O) groups is 2. The lowest BCUT2D eigenvalue weighted by atomic mass is 10.1. The number of rotatable bonds is 11. The van der Waals surface area contributed by atoms with E-state index < -0.39 is 11.9 Å². The second-order valence-electron chi connectivity index (χ2n) is 8.22. The number of ether oxygens (including phenoxy) is 2. The van der Waals surface area contributed by atoms with Gasteiger partial charge in [-0.3, -0.25) is 4.79 Å². The summed E-state index contributed by atoms with van der Waals surface area (Å²) in [6.45, 7) is 6.34. The summed E-state index contributed by atoms with van der Waals surface area (Å²) in [6, 6.07) is 17.3. The van der Waals surface area contributed by atoms with Crippen LogP contribution in [0.1, 0.15) is 44.5 Å². The van der Waals surface area contributed by atoms with E-state index in [1.165, 1.54) is 18.3 Å². The Labute approximate surface area is 227 Å². The van der Waals surface area contributed by atoms with Gasteiger partial charge in [0.15, 0.2) is 17.3 Å². The van der Waals surface area contributed by atoms with Crippen molar-refractivity contribution in [3.63, 3.8) is 0 Å². The number of carboxylic acids is 1. The molecule has 9 heteroatoms. The first-order valence-corrected chi connectivity index (χ1v) is 12.6. The summed E-state index contributed by atoms with van der Waals surface area (Å²) in [5.41, 5.74) is 5.63. The van der Waals surface area contributed by atoms with Crippen LogP contribution in [-0.4, -0.2) is 29.8 Å². The van der Waals surface area contributed by atoms with Crippen molar-refractivity contribution in [2.75, 3.05) is 6.61 Å². The lowest BCUT2D eigenvalue weighted by Gasteiger charge is -2.17. The van der Waals surface area contributed by atoms with E-state index in [-0.39, 0.29) is 17.9 Å². The molecule has 3 aromatic carbocycles. The van der Waals surface area contributed by atoms with Gasteiger partial charge < -0.3 is 19.0 Å². The van der Waals surface area contributed by atoms with Crippen LogP contribution in [0.5, 0.6) is 11.5 Å². The van der Waals surface area contributed by atoms with Crippen LogP contribution in [0.15, 0.2) is 87.3 Å². The quantitative estimate of drug-likeness (QED) is 0.122. The van der Waals surface area contributed by atoms with Crippen molar-refractivity contribution in [3.8, 4) is 11.5 Å². The van der Waals surface area contributed by atoms with Crippen molar-refractivity contribution in [1.82, 2.24) is 5.43 Å². The van der Waals surface area contributed by atoms with Gasteiger partial charge in [0, 0.05) is 15.4 Å². The molecular formula is C29H25BrN2O6. The van der Waals surface area contributed by atoms with Gasteiger partial charge in [0.25, 0.3) is 0 Å². The van der Waals surface area contributed by atoms with E-state index in [1.54, 1.807) is 36.4 Å². The Hall–Kier alpha value is -4.37. The molecule has 2 N–H and O–H groups in total. The van der Waals surface area contributed by atoms with Crippen molar-refractivity contribution in [1.29, 1.82) is 0 Å². The third kappa shape index (κ3) is 6.49. The van der Waals surface area contributed by atoms with E-state index in [9.17, 15) is 9.59 Å². The maximum Gasteiger partial charge on any atom is 0.335 e. The van der Waals surface area contributed by atoms with E-state index in [2.05, 4.69) is 33.0 Å². The monoisotopic (exact) mass is 576 g/mol. The highest BCUT2D eigenvalue weighted by atomic mass is 79.9. The fourth-order valence-corrected chi connectivity index (χ4v) is 4.12. The van der Waals surface area contributed by atoms with Crippen LogP contribution in [-0.2, 0) is 13.0 Å². The van der Waals surface area contributed by atoms with Crippen LogP contribution in [0, 0.1) is 0 Å². The minimum Gasteiger partial charge on any atom is -0.490 e. The average Bonchev–Trinajstić information content (AvgIpc) is 3.32. The number of nitrogens with one attached hydrogen (secondary N) is 1. The zero-order valence-corrected chi connectivity index (χ0v) is 22.2. The van der Waals surface area contributed by atoms with E-state index in [4.69, 9.17) is 19.0 Å². The van der Waals surface area contributed by atoms with Crippen LogP contribution in [0.25, 0.3) is 11.0 Å². The normalized spacial score (nSPS) is 11.0. The van der Waals surface area contributed by atoms with Gasteiger partial charge in [-0.15, -0.1) is 6.58 Å². The summed E-state index contributed by atoms with van der Waals surface area (Å²) in [6.07, 6.45) is 3.78. The van der Waals surface area contributed by atoms with Crippen LogP contribution < -0.4 is 14.9 Å². The van der Waals surface area contributed by atoms with E-state index in [1.807, 2.05) is 25.1 Å². The molecule has 194 valence electrons. The summed E-state index contributed by atoms with van der Waals surface area (Å²) in [5.74, 6) is -0.228. The SMILES string of the molecule is C=CCc1cc(/C=N/NC(=O)c2cc3cc(Br)ccc3o2)cc(OCC)c1OCc1ccc(C(=O)O)cc1. The molecule has 38 heavy (non-hydrogen) atoms. The number of amides is 1. The highest BCUT2D eigenvalue weighted by molar-refractivity contribution is 9.10. The zero-order valence-electron chi connectivity index (χ0n) is 20.6. The maximum absolute atomic E-state index is 12.5. The van der Waals surface area contributed by atoms with Crippen molar-refractivity contribution >= 4 is 45.0 Å². The highest BCUT2D eigenvalue weighted by Gasteiger charge is 2.15. The first kappa shape index (κ1) is 26.7. The minimum absolute atomic E-state index is 0.151. The second-order valence-corrected chi connectivity index (χ2v) is 9.13. The minimum atomic E-state index is -0.983. The number of furan rings is 1. The highest BCUT2D eigenvalue weighted by Crippen LogP contribution is 2.34. The van der Waals surface area contributed by atoms with E-state index >= 15 is 0 Å². The standard InChI is InChI=1S/C29H25BrN2O6/c1-3-5-21-12-19(16-31-32-28(33)26-15-22-14-23(30)10-11-24(22)38-26)13-25(36-4-2)27(21)37-17-18-6-8-20(9-7-18)29(34)35/h3,6-16H,1,4-5,17H2,2H3,(H,32,33)(H,34,35)/b31-16+. The molecule has 0 aliphatic rings. The molecule has 0 bridgehead atoms. The topological polar surface area (TPSA) is 110 Å². The van der Waals surface area contributed by atoms with Crippen molar-refractivity contribution in [2.45, 2.75) is 20.0 Å². The third-order valence-corrected chi connectivity index (χ3v) is 5.98. The fourth-order valence-electron chi connectivity index (χ4n) is 3.74. The van der Waals surface area contributed by atoms with Crippen LogP contribution in [0.3, 0.4) is 0 Å². The lowest BCUT2D eigenvalue weighted by molar-refractivity contribution is 0.0696. The van der Waals surface area contributed by atoms with Gasteiger partial charge in [-0.25, -0.2) is 10.2 Å². The van der Waals surface area contributed by atoms with Gasteiger partial charge in [0.05, 0.1) is 18.4 Å². The predicted octanol–water partition coefficient (Wildman–Crippen LogP) is 6.36. The van der Waals surface area contributed by atoms with E-state index in [0.717, 1.165) is 21.0 Å². The zero-order chi connectivity index (χ0) is 27.1. The molecule has 0 aliphatic carbocycles. The van der Waals surface area contributed by atoms with Gasteiger partial charge in [-0.2, -0.15) is 5.10 Å². The molecule has 0 saturated carbocycles. The summed E-state index contributed by atoms with van der Waals surface area (Å²) in [7, 11) is 0. The van der Waals surface area contributed by atoms with E-state index in [0.29, 0.717) is 35.7 Å². The number of halogens is 1. The Morgan fingerprint density at radius 1 is 1.11 bits per heavy atom. The molecule has 4 aromatic rings. The van der Waals surface area contributed by atoms with Gasteiger partial charge in [0.1, 0.15) is 12.2 Å². The predicted molar refractivity (Wildman–Crippen MR) is 148 cm³/mol. The molecule has 0 atom stereocenters. The number of carbonyl (C=O) groups excluding carboxylic acids is 1. The molecular weight excluding hydrogens is 552 g/mol. The first-order chi connectivity index (χ1) is 18.4. The number of hydrogen-bond acceptors (Lipinski definition) is 6. The van der Waals surface area contributed by atoms with Gasteiger partial charge in [-0.1, -0.05) is 34.1 Å². The summed E-state index contributed by atoms with van der Waals surface area (Å²) >= 11 is 3.40. The Morgan fingerprint density at radius 3 is 2.61 bits per heavy atom. The van der Waals surface area contributed by atoms with Crippen LogP contribution in [0.2, 0.25) is 0 Å². The smallest absolute Gasteiger partial charge is 0.335 e. The Morgan fingerprint density at radius 2 is 1.89 bits per heavy atom. The number of hydrogen-bond donors (Lipinski definition) is 2. The van der Waals surface area contributed by atoms with Gasteiger partial charge in [-0.05, 0) is 73.0 Å². The lowest BCUT2D eigenvalue weighted by Crippen LogP contribution is -2.16. The molecule has 1 heterocycles. The van der Waals surface area contributed by atoms with Gasteiger partial charge >= 0.3 is 11.9 Å². The molecule has 0 saturated heterocycles. The molecule has 0 unspecified atom stereocenters. The maximum atomic E-state index is 12.5. The Bertz CT molecular complexity index is 1510. The number of carboxylic acid groups (broad SMARTS) is 1. The third-order valence-electron chi connectivity index (χ3n) is 5.48. The number of nitrogens with zero attached hydrogens (tertiary/aromatic N) is 1. The number of allylic oxidation sites excluding steroid dienone is 1. The average molecular weight is 577 g/mol. The molecule has 0 spiro atoms. The summed E-state index contributed by atoms with van der Waals surface area (Å²) in [5, 5.41) is 14.0. The molecule has 0 aliphatic heterocycles. The largest absolute Gasteiger partial charge is 0.490 e. The van der Waals surface area contributed by atoms with Crippen molar-refractivity contribution < 1.29 is 28.6 Å². The fraction of sp³-hybridized carbons (Fsp3) is 0.138. The van der Waals surface area contributed by atoms with Crippen molar-refractivity contribution in [3.05, 3.63) is 106 Å². The first-order valence-electron chi connectivity index (χ1n) is 11.8. The molecule has 1 aromatic heterocycles. The Balaban J connectivity index is 1.51.